The molecule has 1 aliphatic rings. The maximum absolute atomic E-state index is 12.7. The molecule has 0 radical (unpaired) electrons. The van der Waals surface area contributed by atoms with Gasteiger partial charge in [-0.3, -0.25) is 4.79 Å². The first-order valence-electron chi connectivity index (χ1n) is 10.8. The van der Waals surface area contributed by atoms with Crippen LogP contribution in [0.3, 0.4) is 0 Å². The first-order chi connectivity index (χ1) is 16.4. The van der Waals surface area contributed by atoms with Crippen molar-refractivity contribution >= 4 is 22.9 Å². The van der Waals surface area contributed by atoms with Crippen LogP contribution in [0.5, 0.6) is 11.5 Å². The molecule has 4 rings (SSSR count). The van der Waals surface area contributed by atoms with Gasteiger partial charge in [-0.25, -0.2) is 14.8 Å². The van der Waals surface area contributed by atoms with Crippen LogP contribution in [-0.4, -0.2) is 51.6 Å². The number of halogens is 3. The van der Waals surface area contributed by atoms with Crippen molar-refractivity contribution in [3.8, 4) is 11.5 Å². The zero-order valence-corrected chi connectivity index (χ0v) is 19.2. The number of nitrogens with one attached hydrogen (secondary N) is 1. The van der Waals surface area contributed by atoms with E-state index < -0.39 is 23.6 Å². The fourth-order valence-electron chi connectivity index (χ4n) is 3.40. The fourth-order valence-corrected chi connectivity index (χ4v) is 3.40. The van der Waals surface area contributed by atoms with E-state index in [1.54, 1.807) is 56.0 Å². The van der Waals surface area contributed by atoms with Crippen molar-refractivity contribution in [2.24, 2.45) is 0 Å². The molecule has 3 aromatic rings. The summed E-state index contributed by atoms with van der Waals surface area (Å²) in [6.07, 6.45) is -4.04. The second kappa shape index (κ2) is 9.05. The van der Waals surface area contributed by atoms with E-state index in [1.165, 1.54) is 6.07 Å². The second-order valence-corrected chi connectivity index (χ2v) is 9.08. The Hall–Kier alpha value is -3.89. The number of hydrogen-bond acceptors (Lipinski definition) is 6. The standard InChI is InChI=1S/C24H23F3N4O4/c1-23(2,3)35-22(33)29-15-12-31(13-15)21(32)19-7-4-14-10-16(5-8-18(14)30-19)34-17-6-9-20(28-11-17)24(25,26)27/h4-11,15H,12-13H2,1-3H3,(H,29,33). The van der Waals surface area contributed by atoms with E-state index in [9.17, 15) is 22.8 Å². The third-order valence-electron chi connectivity index (χ3n) is 5.03. The minimum absolute atomic E-state index is 0.157. The van der Waals surface area contributed by atoms with Gasteiger partial charge in [0.2, 0.25) is 0 Å². The van der Waals surface area contributed by atoms with Gasteiger partial charge >= 0.3 is 12.3 Å². The number of carbonyl (C=O) groups excluding carboxylic acids is 2. The number of alkyl carbamates (subject to hydrolysis) is 1. The van der Waals surface area contributed by atoms with Gasteiger partial charge in [-0.1, -0.05) is 6.07 Å². The maximum Gasteiger partial charge on any atom is 0.433 e. The minimum Gasteiger partial charge on any atom is -0.456 e. The van der Waals surface area contributed by atoms with Gasteiger partial charge in [-0.15, -0.1) is 0 Å². The summed E-state index contributed by atoms with van der Waals surface area (Å²) in [6, 6.07) is 10.1. The summed E-state index contributed by atoms with van der Waals surface area (Å²) in [7, 11) is 0. The third-order valence-corrected chi connectivity index (χ3v) is 5.03. The summed E-state index contributed by atoms with van der Waals surface area (Å²) in [4.78, 5) is 33.9. The first kappa shape index (κ1) is 24.2. The summed E-state index contributed by atoms with van der Waals surface area (Å²) >= 11 is 0. The predicted molar refractivity (Wildman–Crippen MR) is 120 cm³/mol. The van der Waals surface area contributed by atoms with Crippen LogP contribution in [-0.2, 0) is 10.9 Å². The van der Waals surface area contributed by atoms with Gasteiger partial charge in [0.25, 0.3) is 5.91 Å². The number of amides is 2. The van der Waals surface area contributed by atoms with Crippen LogP contribution in [0.25, 0.3) is 10.9 Å². The number of rotatable bonds is 4. The number of fused-ring (bicyclic) bond motifs is 1. The van der Waals surface area contributed by atoms with Crippen molar-refractivity contribution in [1.29, 1.82) is 0 Å². The average Bonchev–Trinajstić information content (AvgIpc) is 2.73. The summed E-state index contributed by atoms with van der Waals surface area (Å²) < 4.78 is 48.8. The Balaban J connectivity index is 1.37. The summed E-state index contributed by atoms with van der Waals surface area (Å²) in [6.45, 7) is 6.03. The quantitative estimate of drug-likeness (QED) is 0.568. The lowest BCUT2D eigenvalue weighted by Gasteiger charge is -2.39. The van der Waals surface area contributed by atoms with E-state index in [1.807, 2.05) is 0 Å². The zero-order valence-electron chi connectivity index (χ0n) is 19.2. The second-order valence-electron chi connectivity index (χ2n) is 9.08. The molecule has 1 aromatic carbocycles. The molecule has 1 saturated heterocycles. The molecule has 0 aliphatic carbocycles. The Bertz CT molecular complexity index is 1250. The highest BCUT2D eigenvalue weighted by atomic mass is 19.4. The zero-order chi connectivity index (χ0) is 25.4. The molecule has 1 aliphatic heterocycles. The van der Waals surface area contributed by atoms with Gasteiger partial charge in [0.15, 0.2) is 0 Å². The Morgan fingerprint density at radius 2 is 1.74 bits per heavy atom. The number of carbonyl (C=O) groups is 2. The molecular formula is C24H23F3N4O4. The van der Waals surface area contributed by atoms with E-state index >= 15 is 0 Å². The van der Waals surface area contributed by atoms with Crippen molar-refractivity contribution in [3.05, 3.63) is 60.0 Å². The van der Waals surface area contributed by atoms with Gasteiger partial charge < -0.3 is 19.7 Å². The van der Waals surface area contributed by atoms with Crippen LogP contribution in [0.1, 0.15) is 37.0 Å². The Morgan fingerprint density at radius 1 is 1.03 bits per heavy atom. The number of alkyl halides is 3. The molecule has 8 nitrogen and oxygen atoms in total. The van der Waals surface area contributed by atoms with Crippen LogP contribution in [0.4, 0.5) is 18.0 Å². The van der Waals surface area contributed by atoms with Gasteiger partial charge in [-0.05, 0) is 57.2 Å². The van der Waals surface area contributed by atoms with Crippen molar-refractivity contribution in [3.63, 3.8) is 0 Å². The predicted octanol–water partition coefficient (Wildman–Crippen LogP) is 4.79. The minimum atomic E-state index is -4.52. The first-order valence-corrected chi connectivity index (χ1v) is 10.8. The maximum atomic E-state index is 12.7. The molecule has 184 valence electrons. The van der Waals surface area contributed by atoms with Gasteiger partial charge in [0.1, 0.15) is 28.5 Å². The van der Waals surface area contributed by atoms with Crippen molar-refractivity contribution < 1.29 is 32.2 Å². The summed E-state index contributed by atoms with van der Waals surface area (Å²) in [5.74, 6) is 0.286. The Morgan fingerprint density at radius 3 is 2.37 bits per heavy atom. The molecule has 1 fully saturated rings. The van der Waals surface area contributed by atoms with Crippen LogP contribution in [0.2, 0.25) is 0 Å². The van der Waals surface area contributed by atoms with Gasteiger partial charge in [0.05, 0.1) is 17.8 Å². The lowest BCUT2D eigenvalue weighted by molar-refractivity contribution is -0.141. The molecule has 3 heterocycles. The van der Waals surface area contributed by atoms with E-state index in [4.69, 9.17) is 9.47 Å². The third kappa shape index (κ3) is 5.97. The van der Waals surface area contributed by atoms with Crippen molar-refractivity contribution in [2.75, 3.05) is 13.1 Å². The normalized spacial score (nSPS) is 14.4. The average molecular weight is 488 g/mol. The van der Waals surface area contributed by atoms with Crippen LogP contribution in [0.15, 0.2) is 48.7 Å². The van der Waals surface area contributed by atoms with E-state index in [-0.39, 0.29) is 23.4 Å². The molecule has 11 heteroatoms. The van der Waals surface area contributed by atoms with Crippen LogP contribution in [0, 0.1) is 0 Å². The molecule has 0 unspecified atom stereocenters. The topological polar surface area (TPSA) is 93.7 Å². The van der Waals surface area contributed by atoms with Crippen molar-refractivity contribution in [2.45, 2.75) is 38.6 Å². The van der Waals surface area contributed by atoms with E-state index in [0.29, 0.717) is 29.7 Å². The van der Waals surface area contributed by atoms with Gasteiger partial charge in [-0.2, -0.15) is 13.2 Å². The van der Waals surface area contributed by atoms with Crippen molar-refractivity contribution in [1.82, 2.24) is 20.2 Å². The number of ether oxygens (including phenoxy) is 2. The molecule has 2 aromatic heterocycles. The highest BCUT2D eigenvalue weighted by Gasteiger charge is 2.34. The fraction of sp³-hybridized carbons (Fsp3) is 0.333. The van der Waals surface area contributed by atoms with Crippen LogP contribution < -0.4 is 10.1 Å². The number of hydrogen-bond donors (Lipinski definition) is 1. The molecular weight excluding hydrogens is 465 g/mol. The molecule has 35 heavy (non-hydrogen) atoms. The molecule has 2 amide bonds. The van der Waals surface area contributed by atoms with E-state index in [0.717, 1.165) is 12.3 Å². The summed E-state index contributed by atoms with van der Waals surface area (Å²) in [5.41, 5.74) is -0.789. The summed E-state index contributed by atoms with van der Waals surface area (Å²) in [5, 5.41) is 3.41. The monoisotopic (exact) mass is 488 g/mol. The highest BCUT2D eigenvalue weighted by molar-refractivity contribution is 5.95. The lowest BCUT2D eigenvalue weighted by Crippen LogP contribution is -2.61. The molecule has 0 saturated carbocycles. The highest BCUT2D eigenvalue weighted by Crippen LogP contribution is 2.30. The number of benzene rings is 1. The number of nitrogens with zero attached hydrogens (tertiary/aromatic N) is 3. The Labute approximate surface area is 199 Å². The lowest BCUT2D eigenvalue weighted by atomic mass is 10.1. The molecule has 0 spiro atoms. The SMILES string of the molecule is CC(C)(C)OC(=O)NC1CN(C(=O)c2ccc3cc(Oc4ccc(C(F)(F)F)nc4)ccc3n2)C1. The van der Waals surface area contributed by atoms with Crippen LogP contribution >= 0.6 is 0 Å². The smallest absolute Gasteiger partial charge is 0.433 e. The number of pyridine rings is 2. The number of aromatic nitrogens is 2. The number of likely N-dealkylation sites (tertiary alicyclic amines) is 1. The Kier molecular flexibility index (Phi) is 6.27. The van der Waals surface area contributed by atoms with E-state index in [2.05, 4.69) is 15.3 Å². The molecule has 0 bridgehead atoms. The molecule has 0 atom stereocenters. The largest absolute Gasteiger partial charge is 0.456 e. The molecule has 1 N–H and O–H groups in total. The van der Waals surface area contributed by atoms with Gasteiger partial charge in [0, 0.05) is 18.5 Å².